The number of aromatic nitrogens is 5. The first-order chi connectivity index (χ1) is 18.5. The summed E-state index contributed by atoms with van der Waals surface area (Å²) in [5.74, 6) is 0.374. The van der Waals surface area contributed by atoms with Crippen LogP contribution >= 0.6 is 11.3 Å². The molecule has 5 heterocycles. The van der Waals surface area contributed by atoms with Crippen molar-refractivity contribution in [2.45, 2.75) is 25.3 Å². The Morgan fingerprint density at radius 2 is 2.05 bits per heavy atom. The molecular weight excluding hydrogens is 498 g/mol. The van der Waals surface area contributed by atoms with Crippen molar-refractivity contribution in [1.82, 2.24) is 29.6 Å². The number of para-hydroxylation sites is 2. The highest BCUT2D eigenvalue weighted by Gasteiger charge is 2.50. The third kappa shape index (κ3) is 3.63. The second-order valence-electron chi connectivity index (χ2n) is 10.2. The molecule has 0 atom stereocenters. The first kappa shape index (κ1) is 22.9. The SMILES string of the molecule is C=CC(=O)N1CCC2(CC(n3c(NC(=O)c4ccc(-c5ccnc6[nH]ncc56)s4)nc4ccccc43)C2)C1. The Morgan fingerprint density at radius 3 is 2.92 bits per heavy atom. The van der Waals surface area contributed by atoms with Gasteiger partial charge in [-0.05, 0) is 61.1 Å². The van der Waals surface area contributed by atoms with Gasteiger partial charge in [0, 0.05) is 41.2 Å². The lowest BCUT2D eigenvalue weighted by Crippen LogP contribution is -2.42. The molecule has 2 fully saturated rings. The van der Waals surface area contributed by atoms with Gasteiger partial charge in [-0.25, -0.2) is 9.97 Å². The van der Waals surface area contributed by atoms with E-state index in [0.29, 0.717) is 16.5 Å². The summed E-state index contributed by atoms with van der Waals surface area (Å²) in [4.78, 5) is 38.1. The van der Waals surface area contributed by atoms with Gasteiger partial charge < -0.3 is 9.47 Å². The minimum Gasteiger partial charge on any atom is -0.339 e. The Hall–Kier alpha value is -4.31. The molecule has 190 valence electrons. The van der Waals surface area contributed by atoms with Gasteiger partial charge in [-0.15, -0.1) is 11.3 Å². The molecule has 2 amide bonds. The maximum absolute atomic E-state index is 13.4. The normalized spacial score (nSPS) is 20.7. The highest BCUT2D eigenvalue weighted by atomic mass is 32.1. The van der Waals surface area contributed by atoms with Crippen molar-refractivity contribution >= 4 is 51.2 Å². The molecule has 1 saturated carbocycles. The number of imidazole rings is 1. The molecule has 1 spiro atoms. The number of benzene rings is 1. The van der Waals surface area contributed by atoms with E-state index in [4.69, 9.17) is 4.98 Å². The van der Waals surface area contributed by atoms with Crippen LogP contribution in [-0.2, 0) is 4.79 Å². The molecule has 0 bridgehead atoms. The van der Waals surface area contributed by atoms with Gasteiger partial charge in [0.05, 0.1) is 22.1 Å². The number of nitrogens with zero attached hydrogens (tertiary/aromatic N) is 5. The maximum atomic E-state index is 13.4. The van der Waals surface area contributed by atoms with E-state index in [2.05, 4.69) is 31.6 Å². The third-order valence-corrected chi connectivity index (χ3v) is 9.01. The lowest BCUT2D eigenvalue weighted by Gasteiger charge is -2.46. The monoisotopic (exact) mass is 523 g/mol. The van der Waals surface area contributed by atoms with Crippen LogP contribution in [0.1, 0.15) is 35.0 Å². The van der Waals surface area contributed by atoms with E-state index < -0.39 is 0 Å². The topological polar surface area (TPSA) is 109 Å². The Balaban J connectivity index is 1.15. The van der Waals surface area contributed by atoms with Crippen LogP contribution in [0, 0.1) is 5.41 Å². The third-order valence-electron chi connectivity index (χ3n) is 7.90. The highest BCUT2D eigenvalue weighted by Crippen LogP contribution is 2.55. The summed E-state index contributed by atoms with van der Waals surface area (Å²) in [6.45, 7) is 5.17. The van der Waals surface area contributed by atoms with Gasteiger partial charge >= 0.3 is 0 Å². The summed E-state index contributed by atoms with van der Waals surface area (Å²) in [5, 5.41) is 11.0. The number of pyridine rings is 1. The van der Waals surface area contributed by atoms with Gasteiger partial charge in [-0.2, -0.15) is 5.10 Å². The Bertz CT molecular complexity index is 1730. The lowest BCUT2D eigenvalue weighted by atomic mass is 9.65. The van der Waals surface area contributed by atoms with Gasteiger partial charge in [-0.1, -0.05) is 18.7 Å². The smallest absolute Gasteiger partial charge is 0.268 e. The fourth-order valence-electron chi connectivity index (χ4n) is 6.04. The number of H-pyrrole nitrogens is 1. The van der Waals surface area contributed by atoms with Crippen LogP contribution in [0.25, 0.3) is 32.5 Å². The summed E-state index contributed by atoms with van der Waals surface area (Å²) in [7, 11) is 0. The van der Waals surface area contributed by atoms with Crippen molar-refractivity contribution in [2.75, 3.05) is 18.4 Å². The number of carbonyl (C=O) groups excluding carboxylic acids is 2. The second kappa shape index (κ2) is 8.63. The molecule has 1 aliphatic carbocycles. The molecule has 4 aromatic heterocycles. The zero-order valence-electron chi connectivity index (χ0n) is 20.6. The standard InChI is InChI=1S/C28H25N7O2S/c1-2-24(36)34-12-10-28(16-34)13-17(14-28)35-21-6-4-3-5-20(21)31-27(35)32-26(37)23-8-7-22(38-23)18-9-11-29-25-19(18)15-30-33-25/h2-9,11,15,17H,1,10,12-14,16H2,(H,29,30,33)(H,31,32,37). The zero-order valence-corrected chi connectivity index (χ0v) is 21.4. The van der Waals surface area contributed by atoms with Gasteiger partial charge in [0.1, 0.15) is 0 Å². The van der Waals surface area contributed by atoms with Gasteiger partial charge in [-0.3, -0.25) is 20.0 Å². The number of rotatable bonds is 5. The minimum atomic E-state index is -0.187. The summed E-state index contributed by atoms with van der Waals surface area (Å²) in [5.41, 5.74) is 3.69. The van der Waals surface area contributed by atoms with Gasteiger partial charge in [0.2, 0.25) is 11.9 Å². The highest BCUT2D eigenvalue weighted by molar-refractivity contribution is 7.17. The molecule has 2 aliphatic rings. The van der Waals surface area contributed by atoms with Crippen molar-refractivity contribution in [3.05, 3.63) is 72.4 Å². The van der Waals surface area contributed by atoms with Crippen molar-refractivity contribution in [3.8, 4) is 10.4 Å². The first-order valence-corrected chi connectivity index (χ1v) is 13.4. The fourth-order valence-corrected chi connectivity index (χ4v) is 6.98. The number of thiophene rings is 1. The van der Waals surface area contributed by atoms with E-state index >= 15 is 0 Å². The molecule has 1 saturated heterocycles. The lowest BCUT2D eigenvalue weighted by molar-refractivity contribution is -0.125. The number of likely N-dealkylation sites (tertiary alicyclic amines) is 1. The maximum Gasteiger partial charge on any atom is 0.268 e. The number of hydrogen-bond donors (Lipinski definition) is 2. The van der Waals surface area contributed by atoms with Crippen LogP contribution in [0.2, 0.25) is 0 Å². The van der Waals surface area contributed by atoms with E-state index in [1.807, 2.05) is 47.4 Å². The van der Waals surface area contributed by atoms with Gasteiger partial charge in [0.25, 0.3) is 5.91 Å². The molecule has 0 radical (unpaired) electrons. The quantitative estimate of drug-likeness (QED) is 0.314. The molecule has 7 rings (SSSR count). The summed E-state index contributed by atoms with van der Waals surface area (Å²) >= 11 is 1.43. The average Bonchev–Trinajstić information content (AvgIpc) is 3.71. The van der Waals surface area contributed by atoms with Crippen LogP contribution in [0.3, 0.4) is 0 Å². The molecule has 9 nitrogen and oxygen atoms in total. The second-order valence-corrected chi connectivity index (χ2v) is 11.3. The van der Waals surface area contributed by atoms with E-state index in [-0.39, 0.29) is 23.3 Å². The first-order valence-electron chi connectivity index (χ1n) is 12.6. The molecule has 1 aromatic carbocycles. The molecule has 10 heteroatoms. The summed E-state index contributed by atoms with van der Waals surface area (Å²) in [6, 6.07) is 13.9. The van der Waals surface area contributed by atoms with Crippen molar-refractivity contribution in [2.24, 2.45) is 5.41 Å². The molecule has 5 aromatic rings. The van der Waals surface area contributed by atoms with E-state index in [1.54, 1.807) is 12.4 Å². The fraction of sp³-hybridized carbons (Fsp3) is 0.250. The van der Waals surface area contributed by atoms with Crippen LogP contribution in [0.15, 0.2) is 67.5 Å². The zero-order chi connectivity index (χ0) is 25.9. The van der Waals surface area contributed by atoms with E-state index in [0.717, 1.165) is 59.2 Å². The predicted octanol–water partition coefficient (Wildman–Crippen LogP) is 5.03. The number of aromatic amines is 1. The average molecular weight is 524 g/mol. The van der Waals surface area contributed by atoms with Crippen LogP contribution < -0.4 is 5.32 Å². The van der Waals surface area contributed by atoms with Crippen LogP contribution in [0.4, 0.5) is 5.95 Å². The molecule has 2 N–H and O–H groups in total. The van der Waals surface area contributed by atoms with Crippen LogP contribution in [0.5, 0.6) is 0 Å². The molecule has 38 heavy (non-hydrogen) atoms. The van der Waals surface area contributed by atoms with Crippen molar-refractivity contribution in [1.29, 1.82) is 0 Å². The molecular formula is C28H25N7O2S. The number of anilines is 1. The van der Waals surface area contributed by atoms with E-state index in [1.165, 1.54) is 17.4 Å². The Morgan fingerprint density at radius 1 is 1.18 bits per heavy atom. The predicted molar refractivity (Wildman–Crippen MR) is 147 cm³/mol. The molecule has 0 unspecified atom stereocenters. The summed E-state index contributed by atoms with van der Waals surface area (Å²) < 4.78 is 2.17. The molecule has 1 aliphatic heterocycles. The van der Waals surface area contributed by atoms with Crippen LogP contribution in [-0.4, -0.2) is 54.5 Å². The van der Waals surface area contributed by atoms with Crippen molar-refractivity contribution in [3.63, 3.8) is 0 Å². The number of hydrogen-bond acceptors (Lipinski definition) is 6. The van der Waals surface area contributed by atoms with Crippen molar-refractivity contribution < 1.29 is 9.59 Å². The summed E-state index contributed by atoms with van der Waals surface area (Å²) in [6.07, 6.45) is 7.77. The Labute approximate surface area is 222 Å². The van der Waals surface area contributed by atoms with Gasteiger partial charge in [0.15, 0.2) is 5.65 Å². The number of amides is 2. The largest absolute Gasteiger partial charge is 0.339 e. The minimum absolute atomic E-state index is 0.00180. The number of nitrogens with one attached hydrogen (secondary N) is 2. The number of carbonyl (C=O) groups is 2. The Kier molecular flexibility index (Phi) is 5.19. The van der Waals surface area contributed by atoms with E-state index in [9.17, 15) is 9.59 Å². The number of fused-ring (bicyclic) bond motifs is 2.